The van der Waals surface area contributed by atoms with Crippen LogP contribution < -0.4 is 5.32 Å². The quantitative estimate of drug-likeness (QED) is 0.677. The van der Waals surface area contributed by atoms with Gasteiger partial charge in [-0.3, -0.25) is 14.9 Å². The fourth-order valence-electron chi connectivity index (χ4n) is 2.47. The highest BCUT2D eigenvalue weighted by atomic mass is 16.6. The molecule has 1 aliphatic heterocycles. The summed E-state index contributed by atoms with van der Waals surface area (Å²) in [5.41, 5.74) is 0.822. The number of carbonyl (C=O) groups excluding carboxylic acids is 1. The number of amides is 1. The molecule has 0 saturated carbocycles. The van der Waals surface area contributed by atoms with Gasteiger partial charge in [-0.2, -0.15) is 0 Å². The van der Waals surface area contributed by atoms with Gasteiger partial charge in [-0.05, 0) is 18.9 Å². The van der Waals surface area contributed by atoms with Gasteiger partial charge in [-0.25, -0.2) is 0 Å². The van der Waals surface area contributed by atoms with E-state index in [2.05, 4.69) is 5.32 Å². The molecular formula is C14H19N3O4. The molecule has 1 aromatic rings. The fraction of sp³-hybridized carbons (Fsp3) is 0.500. The maximum Gasteiger partial charge on any atom is 0.270 e. The van der Waals surface area contributed by atoms with Crippen molar-refractivity contribution in [1.29, 1.82) is 0 Å². The lowest BCUT2D eigenvalue weighted by Crippen LogP contribution is -2.40. The summed E-state index contributed by atoms with van der Waals surface area (Å²) < 4.78 is 5.29. The molecule has 1 aromatic carbocycles. The Morgan fingerprint density at radius 1 is 1.43 bits per heavy atom. The zero-order chi connectivity index (χ0) is 15.4. The minimum absolute atomic E-state index is 0.0854. The zero-order valence-electron chi connectivity index (χ0n) is 12.2. The van der Waals surface area contributed by atoms with Crippen LogP contribution in [0, 0.1) is 10.1 Å². The summed E-state index contributed by atoms with van der Waals surface area (Å²) >= 11 is 0. The van der Waals surface area contributed by atoms with Crippen LogP contribution >= 0.6 is 0 Å². The second-order valence-corrected chi connectivity index (χ2v) is 5.00. The van der Waals surface area contributed by atoms with Gasteiger partial charge in [-0.1, -0.05) is 0 Å². The summed E-state index contributed by atoms with van der Waals surface area (Å²) in [6.07, 6.45) is 1.57. The van der Waals surface area contributed by atoms with Crippen molar-refractivity contribution in [3.63, 3.8) is 0 Å². The Morgan fingerprint density at radius 3 is 2.67 bits per heavy atom. The first-order valence-electron chi connectivity index (χ1n) is 6.85. The second kappa shape index (κ2) is 6.53. The lowest BCUT2D eigenvalue weighted by atomic mass is 10.0. The molecule has 7 heteroatoms. The van der Waals surface area contributed by atoms with Crippen molar-refractivity contribution in [1.82, 2.24) is 4.90 Å². The van der Waals surface area contributed by atoms with E-state index in [1.54, 1.807) is 25.1 Å². The molecule has 0 bridgehead atoms. The van der Waals surface area contributed by atoms with Crippen molar-refractivity contribution in [2.24, 2.45) is 0 Å². The van der Waals surface area contributed by atoms with Gasteiger partial charge in [0.25, 0.3) is 11.6 Å². The Labute approximate surface area is 123 Å². The van der Waals surface area contributed by atoms with Gasteiger partial charge in [0.05, 0.1) is 10.5 Å². The van der Waals surface area contributed by atoms with E-state index in [-0.39, 0.29) is 17.6 Å². The Bertz CT molecular complexity index is 541. The smallest absolute Gasteiger partial charge is 0.270 e. The largest absolute Gasteiger partial charge is 0.387 e. The molecule has 1 aliphatic rings. The number of hydrogen-bond acceptors (Lipinski definition) is 5. The minimum atomic E-state index is -0.495. The molecule has 21 heavy (non-hydrogen) atoms. The highest BCUT2D eigenvalue weighted by Gasteiger charge is 2.26. The van der Waals surface area contributed by atoms with E-state index < -0.39 is 4.92 Å². The van der Waals surface area contributed by atoms with Crippen LogP contribution in [0.5, 0.6) is 0 Å². The average molecular weight is 293 g/mol. The number of carbonyl (C=O) groups is 1. The van der Waals surface area contributed by atoms with Crippen molar-refractivity contribution >= 4 is 17.3 Å². The topological polar surface area (TPSA) is 84.7 Å². The number of ether oxygens (including phenoxy) is 1. The van der Waals surface area contributed by atoms with E-state index >= 15 is 0 Å². The Kier molecular flexibility index (Phi) is 4.74. The molecule has 1 heterocycles. The lowest BCUT2D eigenvalue weighted by Gasteiger charge is -2.31. The second-order valence-electron chi connectivity index (χ2n) is 5.00. The van der Waals surface area contributed by atoms with E-state index in [1.807, 2.05) is 0 Å². The van der Waals surface area contributed by atoms with Gasteiger partial charge in [0.1, 0.15) is 0 Å². The highest BCUT2D eigenvalue weighted by molar-refractivity contribution is 6.00. The van der Waals surface area contributed by atoms with Crippen molar-refractivity contribution in [2.75, 3.05) is 32.6 Å². The summed E-state index contributed by atoms with van der Waals surface area (Å²) in [6, 6.07) is 4.37. The molecule has 0 atom stereocenters. The van der Waals surface area contributed by atoms with Gasteiger partial charge in [0.15, 0.2) is 0 Å². The van der Waals surface area contributed by atoms with E-state index in [9.17, 15) is 14.9 Å². The maximum atomic E-state index is 12.6. The summed E-state index contributed by atoms with van der Waals surface area (Å²) in [6.45, 7) is 1.27. The predicted molar refractivity (Wildman–Crippen MR) is 78.6 cm³/mol. The van der Waals surface area contributed by atoms with E-state index in [1.165, 1.54) is 12.1 Å². The number of anilines is 1. The van der Waals surface area contributed by atoms with Crippen molar-refractivity contribution in [3.8, 4) is 0 Å². The number of hydrogen-bond donors (Lipinski definition) is 1. The van der Waals surface area contributed by atoms with Gasteiger partial charge < -0.3 is 15.0 Å². The molecule has 7 nitrogen and oxygen atoms in total. The third kappa shape index (κ3) is 3.30. The molecule has 1 fully saturated rings. The van der Waals surface area contributed by atoms with Crippen molar-refractivity contribution in [3.05, 3.63) is 33.9 Å². The summed E-state index contributed by atoms with van der Waals surface area (Å²) in [7, 11) is 3.42. The molecule has 0 aromatic heterocycles. The molecule has 0 radical (unpaired) electrons. The van der Waals surface area contributed by atoms with Gasteiger partial charge in [0, 0.05) is 51.2 Å². The van der Waals surface area contributed by atoms with Crippen LogP contribution in [-0.4, -0.2) is 49.1 Å². The molecule has 0 spiro atoms. The summed E-state index contributed by atoms with van der Waals surface area (Å²) in [5.74, 6) is -0.213. The molecule has 1 saturated heterocycles. The van der Waals surface area contributed by atoms with Crippen molar-refractivity contribution < 1.29 is 14.5 Å². The van der Waals surface area contributed by atoms with Crippen molar-refractivity contribution in [2.45, 2.75) is 18.9 Å². The first kappa shape index (κ1) is 15.2. The first-order chi connectivity index (χ1) is 10.0. The molecule has 114 valence electrons. The number of nitro groups is 1. The lowest BCUT2D eigenvalue weighted by molar-refractivity contribution is -0.384. The zero-order valence-corrected chi connectivity index (χ0v) is 12.2. The predicted octanol–water partition coefficient (Wildman–Crippen LogP) is 1.89. The van der Waals surface area contributed by atoms with Gasteiger partial charge >= 0.3 is 0 Å². The number of non-ortho nitro benzene ring substituents is 1. The van der Waals surface area contributed by atoms with Crippen LogP contribution in [0.15, 0.2) is 18.2 Å². The van der Waals surface area contributed by atoms with Gasteiger partial charge in [-0.15, -0.1) is 0 Å². The van der Waals surface area contributed by atoms with E-state index in [4.69, 9.17) is 4.74 Å². The van der Waals surface area contributed by atoms with Crippen LogP contribution in [0.4, 0.5) is 11.4 Å². The molecule has 2 rings (SSSR count). The standard InChI is InChI=1S/C14H19N3O4/c1-15-13-4-3-11(17(19)20)9-12(13)14(18)16(2)10-5-7-21-8-6-10/h3-4,9-10,15H,5-8H2,1-2H3. The number of nitro benzene ring substituents is 1. The summed E-state index contributed by atoms with van der Waals surface area (Å²) in [5, 5.41) is 13.8. The van der Waals surface area contributed by atoms with Gasteiger partial charge in [0.2, 0.25) is 0 Å². The highest BCUT2D eigenvalue weighted by Crippen LogP contribution is 2.25. The third-order valence-electron chi connectivity index (χ3n) is 3.77. The van der Waals surface area contributed by atoms with E-state index in [0.29, 0.717) is 24.5 Å². The van der Waals surface area contributed by atoms with Crippen LogP contribution in [0.1, 0.15) is 23.2 Å². The van der Waals surface area contributed by atoms with Crippen LogP contribution in [-0.2, 0) is 4.74 Å². The van der Waals surface area contributed by atoms with Crippen LogP contribution in [0.3, 0.4) is 0 Å². The van der Waals surface area contributed by atoms with Crippen LogP contribution in [0.25, 0.3) is 0 Å². The molecule has 0 aliphatic carbocycles. The third-order valence-corrected chi connectivity index (χ3v) is 3.77. The molecule has 0 unspecified atom stereocenters. The molecule has 1 amide bonds. The Hall–Kier alpha value is -2.15. The number of nitrogens with one attached hydrogen (secondary N) is 1. The molecule has 1 N–H and O–H groups in total. The van der Waals surface area contributed by atoms with Crippen LogP contribution in [0.2, 0.25) is 0 Å². The SMILES string of the molecule is CNc1ccc([N+](=O)[O-])cc1C(=O)N(C)C1CCOCC1. The number of nitrogens with zero attached hydrogens (tertiary/aromatic N) is 2. The summed E-state index contributed by atoms with van der Waals surface area (Å²) in [4.78, 5) is 24.7. The normalized spacial score (nSPS) is 15.5. The average Bonchev–Trinajstić information content (AvgIpc) is 2.53. The monoisotopic (exact) mass is 293 g/mol. The molecular weight excluding hydrogens is 274 g/mol. The number of rotatable bonds is 4. The Balaban J connectivity index is 2.27. The Morgan fingerprint density at radius 2 is 2.10 bits per heavy atom. The van der Waals surface area contributed by atoms with E-state index in [0.717, 1.165) is 12.8 Å². The number of benzene rings is 1. The fourth-order valence-corrected chi connectivity index (χ4v) is 2.47. The first-order valence-corrected chi connectivity index (χ1v) is 6.85. The minimum Gasteiger partial charge on any atom is -0.387 e. The maximum absolute atomic E-state index is 12.6.